The lowest BCUT2D eigenvalue weighted by Gasteiger charge is -2.10. The van der Waals surface area contributed by atoms with Gasteiger partial charge in [0.2, 0.25) is 5.13 Å². The van der Waals surface area contributed by atoms with Crippen LogP contribution in [0.4, 0.5) is 5.13 Å². The van der Waals surface area contributed by atoms with Crippen LogP contribution in [0.3, 0.4) is 0 Å². The first-order valence-corrected chi connectivity index (χ1v) is 13.0. The predicted molar refractivity (Wildman–Crippen MR) is 134 cm³/mol. The number of aromatic nitrogens is 4. The van der Waals surface area contributed by atoms with E-state index in [1.54, 1.807) is 0 Å². The molecule has 0 amide bonds. The van der Waals surface area contributed by atoms with Gasteiger partial charge in [-0.25, -0.2) is 0 Å². The van der Waals surface area contributed by atoms with Crippen molar-refractivity contribution >= 4 is 52.2 Å². The minimum absolute atomic E-state index is 0.140. The van der Waals surface area contributed by atoms with Gasteiger partial charge in [0.15, 0.2) is 6.73 Å². The van der Waals surface area contributed by atoms with E-state index in [1.165, 1.54) is 22.7 Å². The minimum atomic E-state index is 0.140. The van der Waals surface area contributed by atoms with Crippen molar-refractivity contribution in [1.82, 2.24) is 20.4 Å². The summed E-state index contributed by atoms with van der Waals surface area (Å²) in [5.41, 5.74) is 0. The molecule has 0 saturated carbocycles. The van der Waals surface area contributed by atoms with Crippen LogP contribution in [0.2, 0.25) is 0 Å². The van der Waals surface area contributed by atoms with Crippen molar-refractivity contribution in [3.05, 3.63) is 64.6 Å². The molecule has 2 aromatic heterocycles. The van der Waals surface area contributed by atoms with Crippen molar-refractivity contribution in [2.24, 2.45) is 0 Å². The van der Waals surface area contributed by atoms with Gasteiger partial charge in [0.05, 0.1) is 5.25 Å². The fraction of sp³-hybridized carbons (Fsp3) is 0.238. The summed E-state index contributed by atoms with van der Waals surface area (Å²) < 4.78 is 11.5. The molecule has 0 fully saturated rings. The van der Waals surface area contributed by atoms with Gasteiger partial charge in [-0.15, -0.1) is 27.9 Å². The Balaban J connectivity index is 1.35. The summed E-state index contributed by atoms with van der Waals surface area (Å²) in [4.78, 5) is 0.758. The third-order valence-corrected chi connectivity index (χ3v) is 7.62. The molecule has 1 unspecified atom stereocenters. The standard InChI is InChI=1S/C21H21N5O2S4/c1-2-30-17(12-18-23-26-21(31-18)28-15-10-6-7-11-16(15)29)19-24-25-20(32-19)22-13-27-14-8-4-3-5-9-14/h3-11,17,29H,2,12-13H2,1H3,(H,22,25). The molecule has 166 valence electrons. The molecule has 0 radical (unpaired) electrons. The molecular formula is C21H21N5O2S4. The Labute approximate surface area is 204 Å². The number of hydrogen-bond acceptors (Lipinski definition) is 11. The highest BCUT2D eigenvalue weighted by Crippen LogP contribution is 2.37. The fourth-order valence-corrected chi connectivity index (χ4v) is 5.69. The molecule has 4 rings (SSSR count). The Morgan fingerprint density at radius 3 is 2.62 bits per heavy atom. The zero-order valence-electron chi connectivity index (χ0n) is 17.2. The third kappa shape index (κ3) is 6.35. The Hall–Kier alpha value is -2.34. The average Bonchev–Trinajstić information content (AvgIpc) is 3.45. The van der Waals surface area contributed by atoms with Gasteiger partial charge >= 0.3 is 0 Å². The number of nitrogens with zero attached hydrogens (tertiary/aromatic N) is 4. The number of anilines is 1. The maximum Gasteiger partial charge on any atom is 0.299 e. The quantitative estimate of drug-likeness (QED) is 0.192. The molecule has 0 aliphatic carbocycles. The number of hydrogen-bond donors (Lipinski definition) is 2. The van der Waals surface area contributed by atoms with Crippen molar-refractivity contribution < 1.29 is 9.47 Å². The molecule has 0 spiro atoms. The summed E-state index contributed by atoms with van der Waals surface area (Å²) >= 11 is 9.18. The number of para-hydroxylation sites is 2. The number of ether oxygens (including phenoxy) is 2. The average molecular weight is 504 g/mol. The van der Waals surface area contributed by atoms with E-state index in [2.05, 4.69) is 45.3 Å². The predicted octanol–water partition coefficient (Wildman–Crippen LogP) is 5.96. The zero-order valence-corrected chi connectivity index (χ0v) is 20.5. The number of rotatable bonds is 11. The maximum atomic E-state index is 5.83. The highest BCUT2D eigenvalue weighted by atomic mass is 32.2. The van der Waals surface area contributed by atoms with Crippen LogP contribution in [-0.4, -0.2) is 32.9 Å². The SMILES string of the molecule is CCSC(Cc1nnc(Oc2ccccc2S)s1)c1nnc(NCOc2ccccc2)s1. The van der Waals surface area contributed by atoms with E-state index in [1.807, 2.05) is 66.4 Å². The molecule has 4 aromatic rings. The summed E-state index contributed by atoms with van der Waals surface area (Å²) in [7, 11) is 0. The first-order valence-electron chi connectivity index (χ1n) is 9.86. The Kier molecular flexibility index (Phi) is 8.21. The van der Waals surface area contributed by atoms with Crippen LogP contribution in [0, 0.1) is 0 Å². The van der Waals surface area contributed by atoms with Gasteiger partial charge in [0, 0.05) is 11.3 Å². The van der Waals surface area contributed by atoms with Gasteiger partial charge in [-0.1, -0.05) is 65.0 Å². The van der Waals surface area contributed by atoms with Gasteiger partial charge in [0.25, 0.3) is 5.19 Å². The van der Waals surface area contributed by atoms with E-state index in [0.717, 1.165) is 31.5 Å². The monoisotopic (exact) mass is 503 g/mol. The van der Waals surface area contributed by atoms with Crippen molar-refractivity contribution in [2.45, 2.75) is 23.5 Å². The second-order valence-corrected chi connectivity index (χ2v) is 10.4. The van der Waals surface area contributed by atoms with Crippen LogP contribution >= 0.6 is 47.1 Å². The summed E-state index contributed by atoms with van der Waals surface area (Å²) in [5.74, 6) is 2.42. The molecule has 0 bridgehead atoms. The normalized spacial score (nSPS) is 11.8. The highest BCUT2D eigenvalue weighted by molar-refractivity contribution is 7.99. The first kappa shape index (κ1) is 22.8. The molecule has 11 heteroatoms. The number of thiol groups is 1. The molecule has 0 aliphatic heterocycles. The largest absolute Gasteiger partial charge is 0.473 e. The molecule has 0 aliphatic rings. The van der Waals surface area contributed by atoms with Crippen molar-refractivity contribution in [3.8, 4) is 16.7 Å². The maximum absolute atomic E-state index is 5.83. The van der Waals surface area contributed by atoms with E-state index >= 15 is 0 Å². The number of nitrogens with one attached hydrogen (secondary N) is 1. The first-order chi connectivity index (χ1) is 15.7. The topological polar surface area (TPSA) is 82.1 Å². The molecular weight excluding hydrogens is 483 g/mol. The van der Waals surface area contributed by atoms with Crippen LogP contribution < -0.4 is 14.8 Å². The van der Waals surface area contributed by atoms with Gasteiger partial charge in [-0.05, 0) is 30.0 Å². The van der Waals surface area contributed by atoms with Crippen molar-refractivity contribution in [3.63, 3.8) is 0 Å². The Morgan fingerprint density at radius 1 is 1.00 bits per heavy atom. The van der Waals surface area contributed by atoms with Crippen LogP contribution in [0.1, 0.15) is 22.2 Å². The molecule has 0 saturated heterocycles. The van der Waals surface area contributed by atoms with E-state index in [4.69, 9.17) is 9.47 Å². The summed E-state index contributed by atoms with van der Waals surface area (Å²) in [6.45, 7) is 2.46. The summed E-state index contributed by atoms with van der Waals surface area (Å²) in [6, 6.07) is 17.2. The van der Waals surface area contributed by atoms with Crippen molar-refractivity contribution in [2.75, 3.05) is 17.8 Å². The minimum Gasteiger partial charge on any atom is -0.473 e. The van der Waals surface area contributed by atoms with Crippen LogP contribution in [0.15, 0.2) is 59.5 Å². The Morgan fingerprint density at radius 2 is 1.81 bits per heavy atom. The van der Waals surface area contributed by atoms with Crippen molar-refractivity contribution in [1.29, 1.82) is 0 Å². The zero-order chi connectivity index (χ0) is 22.2. The second kappa shape index (κ2) is 11.5. The van der Waals surface area contributed by atoms with Crippen LogP contribution in [-0.2, 0) is 6.42 Å². The van der Waals surface area contributed by atoms with Gasteiger partial charge < -0.3 is 14.8 Å². The molecule has 2 heterocycles. The number of benzene rings is 2. The molecule has 32 heavy (non-hydrogen) atoms. The van der Waals surface area contributed by atoms with Gasteiger partial charge in [0.1, 0.15) is 21.5 Å². The smallest absolute Gasteiger partial charge is 0.299 e. The lowest BCUT2D eigenvalue weighted by Crippen LogP contribution is -2.08. The third-order valence-electron chi connectivity index (χ3n) is 4.16. The van der Waals surface area contributed by atoms with E-state index < -0.39 is 0 Å². The van der Waals surface area contributed by atoms with Crippen LogP contribution in [0.5, 0.6) is 16.7 Å². The Bertz CT molecular complexity index is 1120. The van der Waals surface area contributed by atoms with Gasteiger partial charge in [-0.3, -0.25) is 0 Å². The highest BCUT2D eigenvalue weighted by Gasteiger charge is 2.20. The molecule has 2 aromatic carbocycles. The second-order valence-electron chi connectivity index (χ2n) is 6.40. The number of thioether (sulfide) groups is 1. The fourth-order valence-electron chi connectivity index (χ4n) is 2.71. The molecule has 1 atom stereocenters. The lowest BCUT2D eigenvalue weighted by molar-refractivity contribution is 0.346. The van der Waals surface area contributed by atoms with Gasteiger partial charge in [-0.2, -0.15) is 11.8 Å². The van der Waals surface area contributed by atoms with E-state index in [9.17, 15) is 0 Å². The summed E-state index contributed by atoms with van der Waals surface area (Å²) in [5, 5.41) is 23.5. The molecule has 7 nitrogen and oxygen atoms in total. The van der Waals surface area contributed by atoms with E-state index in [-0.39, 0.29) is 5.25 Å². The molecule has 1 N–H and O–H groups in total. The lowest BCUT2D eigenvalue weighted by atomic mass is 10.3. The van der Waals surface area contributed by atoms with Crippen LogP contribution in [0.25, 0.3) is 0 Å². The van der Waals surface area contributed by atoms with E-state index in [0.29, 0.717) is 24.1 Å². The summed E-state index contributed by atoms with van der Waals surface area (Å²) in [6.07, 6.45) is 0.706.